The Bertz CT molecular complexity index is 151. The molecule has 0 aromatic carbocycles. The number of nitrogens with one attached hydrogen (secondary N) is 1. The lowest BCUT2D eigenvalue weighted by molar-refractivity contribution is 0.170. The molecule has 0 aromatic rings. The zero-order valence-electron chi connectivity index (χ0n) is 7.69. The van der Waals surface area contributed by atoms with Crippen molar-refractivity contribution in [1.82, 2.24) is 5.32 Å². The topological polar surface area (TPSA) is 12.0 Å². The van der Waals surface area contributed by atoms with Crippen LogP contribution >= 0.6 is 0 Å². The molecule has 1 heterocycles. The fourth-order valence-corrected chi connectivity index (χ4v) is 2.74. The standard InChI is InChI=1S/C10H19N/c1-10(2)6-8-4-3-5-9(8)11-7-10/h8-9,11H,3-7H2,1-2H3/t8-,9+/m0/s1. The molecule has 11 heavy (non-hydrogen) atoms. The molecule has 1 saturated heterocycles. The Morgan fingerprint density at radius 1 is 1.27 bits per heavy atom. The molecule has 0 unspecified atom stereocenters. The molecular weight excluding hydrogens is 134 g/mol. The molecule has 64 valence electrons. The first-order valence-corrected chi connectivity index (χ1v) is 4.91. The van der Waals surface area contributed by atoms with Crippen molar-refractivity contribution in [2.45, 2.75) is 45.6 Å². The van der Waals surface area contributed by atoms with E-state index >= 15 is 0 Å². The van der Waals surface area contributed by atoms with Gasteiger partial charge in [-0.3, -0.25) is 0 Å². The van der Waals surface area contributed by atoms with Crippen molar-refractivity contribution in [3.05, 3.63) is 0 Å². The van der Waals surface area contributed by atoms with Crippen molar-refractivity contribution in [3.63, 3.8) is 0 Å². The lowest BCUT2D eigenvalue weighted by atomic mass is 9.77. The summed E-state index contributed by atoms with van der Waals surface area (Å²) in [5.41, 5.74) is 0.561. The molecule has 0 bridgehead atoms. The van der Waals surface area contributed by atoms with Crippen LogP contribution in [-0.2, 0) is 0 Å². The normalized spacial score (nSPS) is 42.0. The van der Waals surface area contributed by atoms with Crippen molar-refractivity contribution < 1.29 is 0 Å². The fourth-order valence-electron chi connectivity index (χ4n) is 2.74. The van der Waals surface area contributed by atoms with E-state index in [1.165, 1.54) is 32.2 Å². The number of hydrogen-bond acceptors (Lipinski definition) is 1. The van der Waals surface area contributed by atoms with Crippen LogP contribution in [0.4, 0.5) is 0 Å². The molecule has 2 atom stereocenters. The average Bonchev–Trinajstić information content (AvgIpc) is 2.31. The summed E-state index contributed by atoms with van der Waals surface area (Å²) in [4.78, 5) is 0. The second kappa shape index (κ2) is 2.48. The molecule has 2 fully saturated rings. The monoisotopic (exact) mass is 153 g/mol. The predicted molar refractivity (Wildman–Crippen MR) is 47.5 cm³/mol. The third-order valence-corrected chi connectivity index (χ3v) is 3.32. The molecule has 1 saturated carbocycles. The van der Waals surface area contributed by atoms with Gasteiger partial charge in [-0.1, -0.05) is 20.3 Å². The van der Waals surface area contributed by atoms with Crippen molar-refractivity contribution in [2.75, 3.05) is 6.54 Å². The Balaban J connectivity index is 2.02. The van der Waals surface area contributed by atoms with E-state index in [1.807, 2.05) is 0 Å². The Kier molecular flexibility index (Phi) is 1.71. The molecule has 2 rings (SSSR count). The molecular formula is C10H19N. The molecule has 0 aromatic heterocycles. The van der Waals surface area contributed by atoms with Gasteiger partial charge >= 0.3 is 0 Å². The highest BCUT2D eigenvalue weighted by atomic mass is 15.0. The SMILES string of the molecule is CC1(C)CN[C@@H]2CCC[C@H]2C1. The molecule has 2 aliphatic rings. The summed E-state index contributed by atoms with van der Waals surface area (Å²) in [6, 6.07) is 0.878. The second-order valence-electron chi connectivity index (χ2n) is 5.05. The van der Waals surface area contributed by atoms with Crippen molar-refractivity contribution in [1.29, 1.82) is 0 Å². The Morgan fingerprint density at radius 2 is 2.09 bits per heavy atom. The van der Waals surface area contributed by atoms with Crippen molar-refractivity contribution in [3.8, 4) is 0 Å². The Morgan fingerprint density at radius 3 is 2.91 bits per heavy atom. The van der Waals surface area contributed by atoms with Crippen LogP contribution in [0.2, 0.25) is 0 Å². The van der Waals surface area contributed by atoms with Crippen LogP contribution < -0.4 is 5.32 Å². The third-order valence-electron chi connectivity index (χ3n) is 3.32. The number of hydrogen-bond donors (Lipinski definition) is 1. The summed E-state index contributed by atoms with van der Waals surface area (Å²) in [5.74, 6) is 0.999. The highest BCUT2D eigenvalue weighted by molar-refractivity contribution is 4.92. The lowest BCUT2D eigenvalue weighted by Crippen LogP contribution is -2.46. The Labute approximate surface area is 69.6 Å². The largest absolute Gasteiger partial charge is 0.313 e. The van der Waals surface area contributed by atoms with Gasteiger partial charge in [0.2, 0.25) is 0 Å². The summed E-state index contributed by atoms with van der Waals surface area (Å²) in [7, 11) is 0. The first-order valence-electron chi connectivity index (χ1n) is 4.91. The van der Waals surface area contributed by atoms with E-state index in [2.05, 4.69) is 19.2 Å². The van der Waals surface area contributed by atoms with Crippen molar-refractivity contribution >= 4 is 0 Å². The molecule has 1 nitrogen and oxygen atoms in total. The summed E-state index contributed by atoms with van der Waals surface area (Å²) >= 11 is 0. The van der Waals surface area contributed by atoms with E-state index in [0.717, 1.165) is 12.0 Å². The van der Waals surface area contributed by atoms with E-state index in [-0.39, 0.29) is 0 Å². The maximum absolute atomic E-state index is 3.67. The maximum Gasteiger partial charge on any atom is 0.00957 e. The molecule has 0 radical (unpaired) electrons. The summed E-state index contributed by atoms with van der Waals surface area (Å²) in [6.45, 7) is 6.00. The van der Waals surface area contributed by atoms with Gasteiger partial charge < -0.3 is 5.32 Å². The summed E-state index contributed by atoms with van der Waals surface area (Å²) in [5, 5.41) is 3.67. The average molecular weight is 153 g/mol. The van der Waals surface area contributed by atoms with Gasteiger partial charge in [-0.05, 0) is 30.6 Å². The molecule has 1 aliphatic heterocycles. The Hall–Kier alpha value is -0.0400. The minimum atomic E-state index is 0.561. The highest BCUT2D eigenvalue weighted by Crippen LogP contribution is 2.39. The van der Waals surface area contributed by atoms with Crippen LogP contribution in [0.5, 0.6) is 0 Å². The van der Waals surface area contributed by atoms with Gasteiger partial charge in [0.15, 0.2) is 0 Å². The van der Waals surface area contributed by atoms with Gasteiger partial charge in [0.1, 0.15) is 0 Å². The van der Waals surface area contributed by atoms with Gasteiger partial charge in [-0.25, -0.2) is 0 Å². The third kappa shape index (κ3) is 1.44. The molecule has 0 spiro atoms. The quantitative estimate of drug-likeness (QED) is 0.562. The number of piperidine rings is 1. The number of rotatable bonds is 0. The van der Waals surface area contributed by atoms with Crippen LogP contribution in [0.1, 0.15) is 39.5 Å². The van der Waals surface area contributed by atoms with E-state index in [1.54, 1.807) is 0 Å². The van der Waals surface area contributed by atoms with E-state index < -0.39 is 0 Å². The second-order valence-corrected chi connectivity index (χ2v) is 5.05. The summed E-state index contributed by atoms with van der Waals surface area (Å²) < 4.78 is 0. The van der Waals surface area contributed by atoms with E-state index in [9.17, 15) is 0 Å². The van der Waals surface area contributed by atoms with Crippen LogP contribution in [-0.4, -0.2) is 12.6 Å². The van der Waals surface area contributed by atoms with Gasteiger partial charge in [0.25, 0.3) is 0 Å². The minimum absolute atomic E-state index is 0.561. The zero-order valence-corrected chi connectivity index (χ0v) is 7.69. The molecule has 1 heteroatoms. The molecule has 1 aliphatic carbocycles. The van der Waals surface area contributed by atoms with Crippen LogP contribution in [0.15, 0.2) is 0 Å². The number of fused-ring (bicyclic) bond motifs is 1. The predicted octanol–water partition coefficient (Wildman–Crippen LogP) is 2.17. The van der Waals surface area contributed by atoms with Gasteiger partial charge in [-0.2, -0.15) is 0 Å². The van der Waals surface area contributed by atoms with E-state index in [0.29, 0.717) is 5.41 Å². The first kappa shape index (κ1) is 7.60. The molecule has 1 N–H and O–H groups in total. The van der Waals surface area contributed by atoms with Crippen LogP contribution in [0, 0.1) is 11.3 Å². The van der Waals surface area contributed by atoms with Gasteiger partial charge in [0, 0.05) is 12.6 Å². The van der Waals surface area contributed by atoms with Crippen LogP contribution in [0.25, 0.3) is 0 Å². The summed E-state index contributed by atoms with van der Waals surface area (Å²) in [6.07, 6.45) is 5.81. The maximum atomic E-state index is 3.67. The molecule has 0 amide bonds. The fraction of sp³-hybridized carbons (Fsp3) is 1.00. The smallest absolute Gasteiger partial charge is 0.00957 e. The van der Waals surface area contributed by atoms with E-state index in [4.69, 9.17) is 0 Å². The first-order chi connectivity index (χ1) is 5.17. The zero-order chi connectivity index (χ0) is 7.90. The lowest BCUT2D eigenvalue weighted by Gasteiger charge is -2.38. The van der Waals surface area contributed by atoms with Crippen molar-refractivity contribution in [2.24, 2.45) is 11.3 Å². The minimum Gasteiger partial charge on any atom is -0.313 e. The highest BCUT2D eigenvalue weighted by Gasteiger charge is 2.36. The van der Waals surface area contributed by atoms with Gasteiger partial charge in [0.05, 0.1) is 0 Å². The van der Waals surface area contributed by atoms with Crippen LogP contribution in [0.3, 0.4) is 0 Å². The van der Waals surface area contributed by atoms with Gasteiger partial charge in [-0.15, -0.1) is 0 Å².